The van der Waals surface area contributed by atoms with Crippen molar-refractivity contribution in [1.29, 1.82) is 0 Å². The molecule has 0 spiro atoms. The number of aryl methyl sites for hydroxylation is 3. The SMILES string of the molecule is Cc1ccc(-c2noc(CN3CCN(C(=O)c4ccc(-n5nc(C)cc5C)nc4)CC3)n2)cc1. The van der Waals surface area contributed by atoms with E-state index < -0.39 is 0 Å². The van der Waals surface area contributed by atoms with Gasteiger partial charge in [-0.05, 0) is 39.0 Å². The molecule has 4 heterocycles. The monoisotopic (exact) mass is 457 g/mol. The number of pyridine rings is 1. The van der Waals surface area contributed by atoms with Crippen LogP contribution >= 0.6 is 0 Å². The molecule has 0 N–H and O–H groups in total. The summed E-state index contributed by atoms with van der Waals surface area (Å²) in [7, 11) is 0. The van der Waals surface area contributed by atoms with Crippen LogP contribution in [-0.4, -0.2) is 66.8 Å². The van der Waals surface area contributed by atoms with Crippen LogP contribution in [0.5, 0.6) is 0 Å². The number of hydrogen-bond acceptors (Lipinski definition) is 7. The second-order valence-electron chi connectivity index (χ2n) is 8.69. The first-order valence-electron chi connectivity index (χ1n) is 11.4. The molecule has 3 aromatic heterocycles. The van der Waals surface area contributed by atoms with E-state index in [2.05, 4.69) is 25.1 Å². The molecule has 0 radical (unpaired) electrons. The molecule has 1 aromatic carbocycles. The minimum absolute atomic E-state index is 0.00786. The number of amides is 1. The third-order valence-electron chi connectivity index (χ3n) is 6.02. The van der Waals surface area contributed by atoms with Crippen LogP contribution in [0.15, 0.2) is 53.2 Å². The summed E-state index contributed by atoms with van der Waals surface area (Å²) in [6.45, 7) is 9.30. The molecule has 1 aliphatic heterocycles. The van der Waals surface area contributed by atoms with Crippen molar-refractivity contribution in [2.75, 3.05) is 26.2 Å². The van der Waals surface area contributed by atoms with Gasteiger partial charge < -0.3 is 9.42 Å². The van der Waals surface area contributed by atoms with Crippen molar-refractivity contribution in [2.24, 2.45) is 0 Å². The van der Waals surface area contributed by atoms with Gasteiger partial charge in [-0.2, -0.15) is 10.1 Å². The van der Waals surface area contributed by atoms with Gasteiger partial charge in [0.2, 0.25) is 11.7 Å². The van der Waals surface area contributed by atoms with E-state index in [-0.39, 0.29) is 5.91 Å². The highest BCUT2D eigenvalue weighted by molar-refractivity contribution is 5.94. The van der Waals surface area contributed by atoms with E-state index in [0.717, 1.165) is 30.0 Å². The first kappa shape index (κ1) is 22.0. The molecular weight excluding hydrogens is 430 g/mol. The molecule has 5 rings (SSSR count). The number of carbonyl (C=O) groups is 1. The minimum Gasteiger partial charge on any atom is -0.338 e. The first-order chi connectivity index (χ1) is 16.5. The van der Waals surface area contributed by atoms with E-state index in [0.29, 0.717) is 42.7 Å². The van der Waals surface area contributed by atoms with Crippen molar-refractivity contribution in [3.63, 3.8) is 0 Å². The zero-order valence-corrected chi connectivity index (χ0v) is 19.6. The van der Waals surface area contributed by atoms with Gasteiger partial charge in [-0.1, -0.05) is 35.0 Å². The fraction of sp³-hybridized carbons (Fsp3) is 0.320. The van der Waals surface area contributed by atoms with Gasteiger partial charge in [0.25, 0.3) is 5.91 Å². The second kappa shape index (κ2) is 9.18. The Bertz CT molecular complexity index is 1280. The number of nitrogens with zero attached hydrogens (tertiary/aromatic N) is 7. The second-order valence-corrected chi connectivity index (χ2v) is 8.69. The maximum Gasteiger partial charge on any atom is 0.255 e. The average molecular weight is 458 g/mol. The highest BCUT2D eigenvalue weighted by Crippen LogP contribution is 2.18. The van der Waals surface area contributed by atoms with Crippen LogP contribution < -0.4 is 0 Å². The quantitative estimate of drug-likeness (QED) is 0.454. The Hall–Kier alpha value is -3.85. The molecule has 0 saturated carbocycles. The molecule has 1 aliphatic rings. The summed E-state index contributed by atoms with van der Waals surface area (Å²) in [6.07, 6.45) is 1.63. The van der Waals surface area contributed by atoms with E-state index in [1.807, 2.05) is 68.1 Å². The smallest absolute Gasteiger partial charge is 0.255 e. The van der Waals surface area contributed by atoms with E-state index in [4.69, 9.17) is 4.52 Å². The molecule has 9 heteroatoms. The van der Waals surface area contributed by atoms with Crippen LogP contribution in [0, 0.1) is 20.8 Å². The summed E-state index contributed by atoms with van der Waals surface area (Å²) < 4.78 is 7.24. The van der Waals surface area contributed by atoms with Crippen LogP contribution in [0.25, 0.3) is 17.2 Å². The molecule has 1 fully saturated rings. The van der Waals surface area contributed by atoms with Gasteiger partial charge in [0.15, 0.2) is 5.82 Å². The lowest BCUT2D eigenvalue weighted by Gasteiger charge is -2.33. The Morgan fingerprint density at radius 1 is 1.00 bits per heavy atom. The Morgan fingerprint density at radius 3 is 2.41 bits per heavy atom. The van der Waals surface area contributed by atoms with E-state index in [1.165, 1.54) is 5.56 Å². The Balaban J connectivity index is 1.16. The molecule has 0 atom stereocenters. The normalized spacial score (nSPS) is 14.5. The highest BCUT2D eigenvalue weighted by Gasteiger charge is 2.24. The van der Waals surface area contributed by atoms with Gasteiger partial charge >= 0.3 is 0 Å². The van der Waals surface area contributed by atoms with Crippen LogP contribution in [0.1, 0.15) is 33.2 Å². The summed E-state index contributed by atoms with van der Waals surface area (Å²) in [5.41, 5.74) is 4.65. The third kappa shape index (κ3) is 4.60. The summed E-state index contributed by atoms with van der Waals surface area (Å²) in [5.74, 6) is 1.88. The minimum atomic E-state index is -0.00786. The lowest BCUT2D eigenvalue weighted by Crippen LogP contribution is -2.48. The fourth-order valence-electron chi connectivity index (χ4n) is 4.12. The van der Waals surface area contributed by atoms with Gasteiger partial charge in [-0.25, -0.2) is 9.67 Å². The lowest BCUT2D eigenvalue weighted by molar-refractivity contribution is 0.0614. The van der Waals surface area contributed by atoms with E-state index in [1.54, 1.807) is 10.9 Å². The van der Waals surface area contributed by atoms with Gasteiger partial charge in [-0.3, -0.25) is 9.69 Å². The standard InChI is InChI=1S/C25H27N7O2/c1-17-4-6-20(7-5-17)24-27-23(34-29-24)16-30-10-12-31(13-11-30)25(33)21-8-9-22(26-15-21)32-19(3)14-18(2)28-32/h4-9,14-15H,10-13,16H2,1-3H3. The van der Waals surface area contributed by atoms with Crippen molar-refractivity contribution in [1.82, 2.24) is 34.7 Å². The number of rotatable bonds is 5. The number of aromatic nitrogens is 5. The van der Waals surface area contributed by atoms with Crippen molar-refractivity contribution in [2.45, 2.75) is 27.3 Å². The predicted molar refractivity (Wildman–Crippen MR) is 126 cm³/mol. The molecule has 174 valence electrons. The van der Waals surface area contributed by atoms with Crippen molar-refractivity contribution < 1.29 is 9.32 Å². The van der Waals surface area contributed by atoms with Gasteiger partial charge in [0.1, 0.15) is 0 Å². The Labute approximate surface area is 198 Å². The number of piperazine rings is 1. The molecule has 4 aromatic rings. The van der Waals surface area contributed by atoms with Gasteiger partial charge in [0.05, 0.1) is 17.8 Å². The zero-order valence-electron chi connectivity index (χ0n) is 19.6. The Kier molecular flexibility index (Phi) is 5.93. The molecule has 1 saturated heterocycles. The molecule has 0 aliphatic carbocycles. The van der Waals surface area contributed by atoms with Crippen LogP contribution in [0.4, 0.5) is 0 Å². The van der Waals surface area contributed by atoms with Crippen LogP contribution in [0.2, 0.25) is 0 Å². The number of carbonyl (C=O) groups excluding carboxylic acids is 1. The van der Waals surface area contributed by atoms with Crippen LogP contribution in [0.3, 0.4) is 0 Å². The topological polar surface area (TPSA) is 93.2 Å². The van der Waals surface area contributed by atoms with Crippen molar-refractivity contribution in [3.05, 3.63) is 77.1 Å². The average Bonchev–Trinajstić information content (AvgIpc) is 3.45. The summed E-state index contributed by atoms with van der Waals surface area (Å²) in [6, 6.07) is 13.7. The highest BCUT2D eigenvalue weighted by atomic mass is 16.5. The van der Waals surface area contributed by atoms with Gasteiger partial charge in [-0.15, -0.1) is 0 Å². The first-order valence-corrected chi connectivity index (χ1v) is 11.4. The van der Waals surface area contributed by atoms with Gasteiger partial charge in [0, 0.05) is 43.6 Å². The van der Waals surface area contributed by atoms with E-state index >= 15 is 0 Å². The maximum absolute atomic E-state index is 13.0. The van der Waals surface area contributed by atoms with E-state index in [9.17, 15) is 4.79 Å². The molecule has 9 nitrogen and oxygen atoms in total. The summed E-state index contributed by atoms with van der Waals surface area (Å²) in [4.78, 5) is 26.0. The Morgan fingerprint density at radius 2 is 1.76 bits per heavy atom. The predicted octanol–water partition coefficient (Wildman–Crippen LogP) is 3.20. The summed E-state index contributed by atoms with van der Waals surface area (Å²) in [5, 5.41) is 8.56. The van der Waals surface area contributed by atoms with Crippen LogP contribution in [-0.2, 0) is 6.54 Å². The third-order valence-corrected chi connectivity index (χ3v) is 6.02. The molecule has 0 bridgehead atoms. The maximum atomic E-state index is 13.0. The lowest BCUT2D eigenvalue weighted by atomic mass is 10.1. The van der Waals surface area contributed by atoms with Crippen molar-refractivity contribution >= 4 is 5.91 Å². The van der Waals surface area contributed by atoms with Crippen molar-refractivity contribution in [3.8, 4) is 17.2 Å². The largest absolute Gasteiger partial charge is 0.338 e. The molecule has 34 heavy (non-hydrogen) atoms. The zero-order chi connectivity index (χ0) is 23.7. The molecule has 0 unspecified atom stereocenters. The molecular formula is C25H27N7O2. The molecule has 1 amide bonds. The summed E-state index contributed by atoms with van der Waals surface area (Å²) >= 11 is 0. The number of benzene rings is 1. The number of hydrogen-bond donors (Lipinski definition) is 0. The fourth-order valence-corrected chi connectivity index (χ4v) is 4.12.